The van der Waals surface area contributed by atoms with Crippen molar-refractivity contribution < 1.29 is 4.79 Å². The van der Waals surface area contributed by atoms with E-state index in [1.165, 1.54) is 25.8 Å². The summed E-state index contributed by atoms with van der Waals surface area (Å²) in [5.41, 5.74) is 0. The Labute approximate surface area is 158 Å². The highest BCUT2D eigenvalue weighted by atomic mass is 127. The fourth-order valence-electron chi connectivity index (χ4n) is 2.77. The minimum absolute atomic E-state index is 0. The van der Waals surface area contributed by atoms with E-state index in [1.807, 2.05) is 6.92 Å². The largest absolute Gasteiger partial charge is 0.357 e. The van der Waals surface area contributed by atoms with Gasteiger partial charge in [0.2, 0.25) is 5.91 Å². The molecule has 1 aliphatic rings. The van der Waals surface area contributed by atoms with Gasteiger partial charge in [0.15, 0.2) is 5.96 Å². The van der Waals surface area contributed by atoms with Gasteiger partial charge in [0, 0.05) is 39.3 Å². The van der Waals surface area contributed by atoms with Crippen LogP contribution in [0.2, 0.25) is 0 Å². The Balaban J connectivity index is 0.00000484. The molecule has 136 valence electrons. The molecule has 0 aromatic heterocycles. The SMILES string of the molecule is CCNC(=NCC(=O)N(C)C)NCC(C)N1CCCCC1C.I. The first-order valence-electron chi connectivity index (χ1n) is 8.43. The van der Waals surface area contributed by atoms with Crippen LogP contribution < -0.4 is 10.6 Å². The zero-order chi connectivity index (χ0) is 16.5. The molecule has 1 rings (SSSR count). The number of nitrogens with zero attached hydrogens (tertiary/aromatic N) is 3. The zero-order valence-corrected chi connectivity index (χ0v) is 17.6. The summed E-state index contributed by atoms with van der Waals surface area (Å²) >= 11 is 0. The van der Waals surface area contributed by atoms with E-state index in [2.05, 4.69) is 34.4 Å². The standard InChI is InChI=1S/C16H33N5O.HI/c1-6-17-16(19-12-15(22)20(4)5)18-11-14(3)21-10-8-7-9-13(21)2;/h13-14H,6-12H2,1-5H3,(H2,17,18,19);1H. The zero-order valence-electron chi connectivity index (χ0n) is 15.3. The molecule has 2 N–H and O–H groups in total. The first kappa shape index (κ1) is 22.4. The summed E-state index contributed by atoms with van der Waals surface area (Å²) in [4.78, 5) is 20.1. The molecule has 1 amide bonds. The first-order valence-corrected chi connectivity index (χ1v) is 8.43. The highest BCUT2D eigenvalue weighted by molar-refractivity contribution is 14.0. The maximum atomic E-state index is 11.6. The van der Waals surface area contributed by atoms with Crippen molar-refractivity contribution in [2.75, 3.05) is 40.3 Å². The van der Waals surface area contributed by atoms with E-state index in [0.29, 0.717) is 18.0 Å². The molecule has 0 aromatic rings. The van der Waals surface area contributed by atoms with Gasteiger partial charge in [-0.2, -0.15) is 0 Å². The van der Waals surface area contributed by atoms with Crippen molar-refractivity contribution in [3.63, 3.8) is 0 Å². The third kappa shape index (κ3) is 8.19. The number of hydrogen-bond donors (Lipinski definition) is 2. The van der Waals surface area contributed by atoms with Gasteiger partial charge in [-0.05, 0) is 40.2 Å². The lowest BCUT2D eigenvalue weighted by Crippen LogP contribution is -2.50. The minimum Gasteiger partial charge on any atom is -0.357 e. The summed E-state index contributed by atoms with van der Waals surface area (Å²) in [6, 6.07) is 1.11. The van der Waals surface area contributed by atoms with Crippen molar-refractivity contribution in [2.45, 2.75) is 52.1 Å². The van der Waals surface area contributed by atoms with Crippen molar-refractivity contribution in [1.82, 2.24) is 20.4 Å². The molecule has 0 saturated carbocycles. The fraction of sp³-hybridized carbons (Fsp3) is 0.875. The number of aliphatic imine (C=N–C) groups is 1. The number of carbonyl (C=O) groups excluding carboxylic acids is 1. The second-order valence-corrected chi connectivity index (χ2v) is 6.30. The summed E-state index contributed by atoms with van der Waals surface area (Å²) in [5.74, 6) is 0.726. The molecule has 2 unspecified atom stereocenters. The van der Waals surface area contributed by atoms with Crippen LogP contribution in [-0.2, 0) is 4.79 Å². The first-order chi connectivity index (χ1) is 10.5. The smallest absolute Gasteiger partial charge is 0.243 e. The highest BCUT2D eigenvalue weighted by Gasteiger charge is 2.22. The minimum atomic E-state index is 0. The molecule has 0 spiro atoms. The van der Waals surface area contributed by atoms with Gasteiger partial charge >= 0.3 is 0 Å². The Bertz CT molecular complexity index is 375. The van der Waals surface area contributed by atoms with Crippen LogP contribution in [0, 0.1) is 0 Å². The Kier molecular flexibility index (Phi) is 11.6. The molecule has 1 aliphatic heterocycles. The number of rotatable bonds is 6. The summed E-state index contributed by atoms with van der Waals surface area (Å²) in [7, 11) is 3.50. The second kappa shape index (κ2) is 11.9. The number of likely N-dealkylation sites (N-methyl/N-ethyl adjacent to an activating group) is 1. The van der Waals surface area contributed by atoms with Crippen LogP contribution in [0.15, 0.2) is 4.99 Å². The molecular formula is C16H34IN5O. The van der Waals surface area contributed by atoms with E-state index in [1.54, 1.807) is 19.0 Å². The number of hydrogen-bond acceptors (Lipinski definition) is 3. The van der Waals surface area contributed by atoms with Crippen molar-refractivity contribution in [1.29, 1.82) is 0 Å². The van der Waals surface area contributed by atoms with E-state index >= 15 is 0 Å². The van der Waals surface area contributed by atoms with Gasteiger partial charge in [-0.1, -0.05) is 6.42 Å². The number of likely N-dealkylation sites (tertiary alicyclic amines) is 1. The van der Waals surface area contributed by atoms with Crippen molar-refractivity contribution in [3.05, 3.63) is 0 Å². The number of nitrogens with one attached hydrogen (secondary N) is 2. The molecule has 7 heteroatoms. The topological polar surface area (TPSA) is 60.0 Å². The predicted molar refractivity (Wildman–Crippen MR) is 108 cm³/mol. The lowest BCUT2D eigenvalue weighted by atomic mass is 10.0. The Morgan fingerprint density at radius 2 is 2.04 bits per heavy atom. The summed E-state index contributed by atoms with van der Waals surface area (Å²) < 4.78 is 0. The van der Waals surface area contributed by atoms with E-state index in [0.717, 1.165) is 13.1 Å². The second-order valence-electron chi connectivity index (χ2n) is 6.30. The van der Waals surface area contributed by atoms with Gasteiger partial charge in [-0.25, -0.2) is 4.99 Å². The van der Waals surface area contributed by atoms with Crippen LogP contribution in [0.1, 0.15) is 40.0 Å². The summed E-state index contributed by atoms with van der Waals surface area (Å²) in [6.07, 6.45) is 3.92. The van der Waals surface area contributed by atoms with Gasteiger partial charge in [-0.3, -0.25) is 9.69 Å². The molecule has 23 heavy (non-hydrogen) atoms. The van der Waals surface area contributed by atoms with Crippen LogP contribution in [0.5, 0.6) is 0 Å². The van der Waals surface area contributed by atoms with Crippen molar-refractivity contribution in [3.8, 4) is 0 Å². The van der Waals surface area contributed by atoms with Crippen molar-refractivity contribution in [2.24, 2.45) is 4.99 Å². The van der Waals surface area contributed by atoms with Gasteiger partial charge < -0.3 is 15.5 Å². The maximum Gasteiger partial charge on any atom is 0.243 e. The van der Waals surface area contributed by atoms with Gasteiger partial charge in [0.05, 0.1) is 0 Å². The summed E-state index contributed by atoms with van der Waals surface area (Å²) in [6.45, 7) is 9.58. The number of halogens is 1. The quantitative estimate of drug-likeness (QED) is 0.374. The molecule has 0 aromatic carbocycles. The normalized spacial score (nSPS) is 20.4. The average molecular weight is 439 g/mol. The molecular weight excluding hydrogens is 405 g/mol. The Morgan fingerprint density at radius 1 is 1.35 bits per heavy atom. The van der Waals surface area contributed by atoms with Crippen LogP contribution in [0.25, 0.3) is 0 Å². The van der Waals surface area contributed by atoms with Crippen LogP contribution in [0.4, 0.5) is 0 Å². The maximum absolute atomic E-state index is 11.6. The van der Waals surface area contributed by atoms with Crippen LogP contribution in [0.3, 0.4) is 0 Å². The number of carbonyl (C=O) groups is 1. The molecule has 0 radical (unpaired) electrons. The molecule has 0 bridgehead atoms. The lowest BCUT2D eigenvalue weighted by molar-refractivity contribution is -0.127. The van der Waals surface area contributed by atoms with Gasteiger partial charge in [0.1, 0.15) is 6.54 Å². The molecule has 6 nitrogen and oxygen atoms in total. The van der Waals surface area contributed by atoms with Gasteiger partial charge in [0.25, 0.3) is 0 Å². The van der Waals surface area contributed by atoms with Crippen LogP contribution in [-0.4, -0.2) is 74.0 Å². The van der Waals surface area contributed by atoms with E-state index < -0.39 is 0 Å². The fourth-order valence-corrected chi connectivity index (χ4v) is 2.77. The Morgan fingerprint density at radius 3 is 2.61 bits per heavy atom. The van der Waals surface area contributed by atoms with Gasteiger partial charge in [-0.15, -0.1) is 24.0 Å². The molecule has 2 atom stereocenters. The lowest BCUT2D eigenvalue weighted by Gasteiger charge is -2.38. The number of guanidine groups is 1. The highest BCUT2D eigenvalue weighted by Crippen LogP contribution is 2.18. The van der Waals surface area contributed by atoms with E-state index in [9.17, 15) is 4.79 Å². The molecule has 1 fully saturated rings. The number of amides is 1. The van der Waals surface area contributed by atoms with E-state index in [4.69, 9.17) is 0 Å². The average Bonchev–Trinajstić information content (AvgIpc) is 2.49. The van der Waals surface area contributed by atoms with E-state index in [-0.39, 0.29) is 36.4 Å². The number of piperidine rings is 1. The monoisotopic (exact) mass is 439 g/mol. The Hall–Kier alpha value is -0.570. The molecule has 1 heterocycles. The van der Waals surface area contributed by atoms with Crippen molar-refractivity contribution >= 4 is 35.8 Å². The molecule has 1 saturated heterocycles. The third-order valence-corrected chi connectivity index (χ3v) is 4.20. The summed E-state index contributed by atoms with van der Waals surface area (Å²) in [5, 5.41) is 6.56. The molecule has 0 aliphatic carbocycles. The third-order valence-electron chi connectivity index (χ3n) is 4.20. The van der Waals surface area contributed by atoms with Crippen LogP contribution >= 0.6 is 24.0 Å². The predicted octanol–water partition coefficient (Wildman–Crippen LogP) is 1.51.